The average Bonchev–Trinajstić information content (AvgIpc) is 2.03. The maximum Gasteiger partial charge on any atom is 0.0498 e. The summed E-state index contributed by atoms with van der Waals surface area (Å²) in [6, 6.07) is -0.160. The molecule has 0 unspecified atom stereocenters. The van der Waals surface area contributed by atoms with Gasteiger partial charge in [0.1, 0.15) is 0 Å². The van der Waals surface area contributed by atoms with Gasteiger partial charge in [0, 0.05) is 26.2 Å². The van der Waals surface area contributed by atoms with Crippen LogP contribution < -0.4 is 5.11 Å². The zero-order chi connectivity index (χ0) is 8.69. The number of rotatable bonds is 4. The topological polar surface area (TPSA) is 38.7 Å². The highest BCUT2D eigenvalue weighted by Crippen LogP contribution is 1.90. The molecule has 0 radical (unpaired) electrons. The fraction of sp³-hybridized carbons (Fsp3) is 0.625. The molecule has 0 rings (SSSR count). The Kier molecular flexibility index (Phi) is 5.25. The van der Waals surface area contributed by atoms with E-state index >= 15 is 0 Å². The predicted molar refractivity (Wildman–Crippen MR) is 45.4 cm³/mol. The summed E-state index contributed by atoms with van der Waals surface area (Å²) < 4.78 is 0. The number of hydrogen-bond acceptors (Lipinski definition) is 2. The fourth-order valence-electron chi connectivity index (χ4n) is 0.832. The van der Waals surface area contributed by atoms with E-state index in [9.17, 15) is 5.11 Å². The van der Waals surface area contributed by atoms with Crippen LogP contribution in [0.25, 0.3) is 0 Å². The van der Waals surface area contributed by atoms with E-state index in [0.29, 0.717) is 6.54 Å². The van der Waals surface area contributed by atoms with Gasteiger partial charge in [-0.3, -0.25) is 4.99 Å². The van der Waals surface area contributed by atoms with Gasteiger partial charge in [-0.25, -0.2) is 0 Å². The van der Waals surface area contributed by atoms with Gasteiger partial charge in [-0.15, -0.1) is 6.58 Å². The van der Waals surface area contributed by atoms with E-state index in [-0.39, 0.29) is 6.02 Å². The molecule has 0 N–H and O–H groups in total. The van der Waals surface area contributed by atoms with E-state index in [1.54, 1.807) is 11.0 Å². The quantitative estimate of drug-likeness (QED) is 0.331. The van der Waals surface area contributed by atoms with E-state index in [1.165, 1.54) is 7.05 Å². The Labute approximate surface area is 68.1 Å². The number of amidine groups is 1. The van der Waals surface area contributed by atoms with Crippen LogP contribution >= 0.6 is 0 Å². The second kappa shape index (κ2) is 5.77. The van der Waals surface area contributed by atoms with Crippen molar-refractivity contribution in [1.82, 2.24) is 4.90 Å². The molecule has 0 aliphatic rings. The maximum atomic E-state index is 11.0. The van der Waals surface area contributed by atoms with Crippen LogP contribution in [0.4, 0.5) is 0 Å². The molecule has 64 valence electrons. The molecule has 3 nitrogen and oxygen atoms in total. The van der Waals surface area contributed by atoms with E-state index in [1.807, 2.05) is 6.92 Å². The molecular formula is C8H15N2O-. The summed E-state index contributed by atoms with van der Waals surface area (Å²) in [4.78, 5) is 5.22. The summed E-state index contributed by atoms with van der Waals surface area (Å²) in [7, 11) is 1.51. The molecular weight excluding hydrogens is 140 g/mol. The van der Waals surface area contributed by atoms with Crippen molar-refractivity contribution in [1.29, 1.82) is 0 Å². The van der Waals surface area contributed by atoms with Gasteiger partial charge in [0.15, 0.2) is 0 Å². The molecule has 0 fully saturated rings. The van der Waals surface area contributed by atoms with Crippen molar-refractivity contribution in [3.63, 3.8) is 0 Å². The minimum absolute atomic E-state index is 0.160. The van der Waals surface area contributed by atoms with E-state index < -0.39 is 0 Å². The lowest BCUT2D eigenvalue weighted by atomic mass is 10.4. The van der Waals surface area contributed by atoms with Crippen LogP contribution in [0.5, 0.6) is 0 Å². The molecule has 0 atom stereocenters. The minimum Gasteiger partial charge on any atom is -0.846 e. The maximum absolute atomic E-state index is 11.0. The number of aliphatic imine (C=N–C) groups is 1. The van der Waals surface area contributed by atoms with E-state index in [0.717, 1.165) is 13.0 Å². The Bertz CT molecular complexity index is 143. The van der Waals surface area contributed by atoms with Gasteiger partial charge in [0.05, 0.1) is 0 Å². The Hall–Kier alpha value is -0.990. The first kappa shape index (κ1) is 10.0. The highest BCUT2D eigenvalue weighted by molar-refractivity contribution is 5.68. The third-order valence-electron chi connectivity index (χ3n) is 1.30. The van der Waals surface area contributed by atoms with Crippen LogP contribution in [0.2, 0.25) is 0 Å². The van der Waals surface area contributed by atoms with Crippen LogP contribution in [0.3, 0.4) is 0 Å². The first-order valence-corrected chi connectivity index (χ1v) is 3.75. The smallest absolute Gasteiger partial charge is 0.0498 e. The first-order valence-electron chi connectivity index (χ1n) is 3.75. The van der Waals surface area contributed by atoms with Gasteiger partial charge in [-0.05, 0) is 6.42 Å². The van der Waals surface area contributed by atoms with Gasteiger partial charge in [0.25, 0.3) is 0 Å². The summed E-state index contributed by atoms with van der Waals surface area (Å²) in [5.41, 5.74) is 0. The van der Waals surface area contributed by atoms with Crippen molar-refractivity contribution in [2.45, 2.75) is 13.3 Å². The van der Waals surface area contributed by atoms with Crippen molar-refractivity contribution < 1.29 is 5.11 Å². The monoisotopic (exact) mass is 155 g/mol. The minimum atomic E-state index is -0.160. The summed E-state index contributed by atoms with van der Waals surface area (Å²) >= 11 is 0. The molecule has 0 aromatic heterocycles. The normalized spacial score (nSPS) is 11.3. The van der Waals surface area contributed by atoms with Gasteiger partial charge in [-0.2, -0.15) is 0 Å². The summed E-state index contributed by atoms with van der Waals surface area (Å²) in [6.07, 6.45) is 2.66. The molecule has 0 aliphatic heterocycles. The van der Waals surface area contributed by atoms with E-state index in [2.05, 4.69) is 11.6 Å². The zero-order valence-corrected chi connectivity index (χ0v) is 7.21. The van der Waals surface area contributed by atoms with Crippen molar-refractivity contribution in [2.24, 2.45) is 4.99 Å². The zero-order valence-electron chi connectivity index (χ0n) is 7.21. The number of hydrogen-bond donors (Lipinski definition) is 0. The summed E-state index contributed by atoms with van der Waals surface area (Å²) in [5.74, 6) is 0. The lowest BCUT2D eigenvalue weighted by molar-refractivity contribution is -0.234. The second-order valence-electron chi connectivity index (χ2n) is 2.24. The van der Waals surface area contributed by atoms with Crippen LogP contribution in [0.15, 0.2) is 17.6 Å². The largest absolute Gasteiger partial charge is 0.846 e. The fourth-order valence-corrected chi connectivity index (χ4v) is 0.832. The van der Waals surface area contributed by atoms with Crippen molar-refractivity contribution >= 4 is 6.02 Å². The molecule has 0 saturated heterocycles. The Morgan fingerprint density at radius 3 is 2.73 bits per heavy atom. The van der Waals surface area contributed by atoms with Gasteiger partial charge in [-0.1, -0.05) is 13.0 Å². The molecule has 0 aromatic carbocycles. The van der Waals surface area contributed by atoms with Crippen molar-refractivity contribution in [3.8, 4) is 0 Å². The lowest BCUT2D eigenvalue weighted by Gasteiger charge is -2.27. The first-order chi connectivity index (χ1) is 5.26. The standard InChI is InChI=1S/C8H16N2O/c1-4-6-10(7-5-2)8(11)9-3/h4H,1,5-7H2,2-3H3,(H,9,11)/p-1. The van der Waals surface area contributed by atoms with Crippen LogP contribution in [-0.4, -0.2) is 31.1 Å². The molecule has 0 aliphatic carbocycles. The van der Waals surface area contributed by atoms with Crippen molar-refractivity contribution in [3.05, 3.63) is 12.7 Å². The van der Waals surface area contributed by atoms with Crippen LogP contribution in [-0.2, 0) is 0 Å². The SMILES string of the molecule is C=CCN(CCC)C([O-])=NC. The molecule has 0 amide bonds. The molecule has 0 spiro atoms. The Morgan fingerprint density at radius 1 is 1.73 bits per heavy atom. The van der Waals surface area contributed by atoms with Gasteiger partial charge >= 0.3 is 0 Å². The summed E-state index contributed by atoms with van der Waals surface area (Å²) in [5, 5.41) is 11.0. The van der Waals surface area contributed by atoms with Gasteiger partial charge < -0.3 is 10.0 Å². The Morgan fingerprint density at radius 2 is 2.36 bits per heavy atom. The Balaban J connectivity index is 3.97. The second-order valence-corrected chi connectivity index (χ2v) is 2.24. The predicted octanol–water partition coefficient (Wildman–Crippen LogP) is 0.230. The lowest BCUT2D eigenvalue weighted by Crippen LogP contribution is -2.40. The third-order valence-corrected chi connectivity index (χ3v) is 1.30. The molecule has 3 heteroatoms. The number of nitrogens with zero attached hydrogens (tertiary/aromatic N) is 2. The highest BCUT2D eigenvalue weighted by atomic mass is 16.3. The van der Waals surface area contributed by atoms with Crippen molar-refractivity contribution in [2.75, 3.05) is 20.1 Å². The van der Waals surface area contributed by atoms with Crippen LogP contribution in [0.1, 0.15) is 13.3 Å². The van der Waals surface area contributed by atoms with Crippen LogP contribution in [0, 0.1) is 0 Å². The summed E-state index contributed by atoms with van der Waals surface area (Å²) in [6.45, 7) is 6.93. The van der Waals surface area contributed by atoms with E-state index in [4.69, 9.17) is 0 Å². The highest BCUT2D eigenvalue weighted by Gasteiger charge is 1.96. The average molecular weight is 155 g/mol. The molecule has 0 saturated carbocycles. The molecule has 11 heavy (non-hydrogen) atoms. The third kappa shape index (κ3) is 3.65. The molecule has 0 heterocycles. The van der Waals surface area contributed by atoms with Gasteiger partial charge in [0.2, 0.25) is 0 Å². The molecule has 0 bridgehead atoms. The molecule has 0 aromatic rings.